The van der Waals surface area contributed by atoms with Crippen LogP contribution >= 0.6 is 0 Å². The van der Waals surface area contributed by atoms with E-state index in [9.17, 15) is 0 Å². The summed E-state index contributed by atoms with van der Waals surface area (Å²) in [6.07, 6.45) is 0. The molecule has 0 atom stereocenters. The van der Waals surface area contributed by atoms with E-state index in [0.29, 0.717) is 5.75 Å². The van der Waals surface area contributed by atoms with E-state index >= 15 is 0 Å². The molecule has 1 N–H and O–H groups in total. The van der Waals surface area contributed by atoms with Gasteiger partial charge in [0, 0.05) is 0 Å². The second-order valence-corrected chi connectivity index (χ2v) is 5.29. The fourth-order valence-corrected chi connectivity index (χ4v) is 2.83. The summed E-state index contributed by atoms with van der Waals surface area (Å²) in [5, 5.41) is 11.5. The molecular formula is C19H18O2. The van der Waals surface area contributed by atoms with Gasteiger partial charge in [-0.15, -0.1) is 0 Å². The maximum Gasteiger partial charge on any atom is 0.186 e. The molecule has 0 saturated carbocycles. The van der Waals surface area contributed by atoms with Crippen LogP contribution in [0.15, 0.2) is 54.6 Å². The highest BCUT2D eigenvalue weighted by molar-refractivity contribution is 5.99. The molecule has 0 saturated heterocycles. The summed E-state index contributed by atoms with van der Waals surface area (Å²) in [5.41, 5.74) is 4.67. The van der Waals surface area contributed by atoms with Crippen LogP contribution in [0.3, 0.4) is 0 Å². The Labute approximate surface area is 124 Å². The van der Waals surface area contributed by atoms with Gasteiger partial charge in [0.1, 0.15) is 5.75 Å². The van der Waals surface area contributed by atoms with E-state index in [-0.39, 0.29) is 6.79 Å². The summed E-state index contributed by atoms with van der Waals surface area (Å²) >= 11 is 0. The predicted molar refractivity (Wildman–Crippen MR) is 86.6 cm³/mol. The zero-order chi connectivity index (χ0) is 14.8. The first-order valence-corrected chi connectivity index (χ1v) is 7.03. The first-order chi connectivity index (χ1) is 10.2. The van der Waals surface area contributed by atoms with Crippen molar-refractivity contribution in [1.82, 2.24) is 0 Å². The van der Waals surface area contributed by atoms with Gasteiger partial charge in [-0.3, -0.25) is 0 Å². The highest BCUT2D eigenvalue weighted by Crippen LogP contribution is 2.33. The van der Waals surface area contributed by atoms with Crippen molar-refractivity contribution in [3.05, 3.63) is 65.7 Å². The summed E-state index contributed by atoms with van der Waals surface area (Å²) in [4.78, 5) is 0. The van der Waals surface area contributed by atoms with Gasteiger partial charge >= 0.3 is 0 Å². The number of ether oxygens (including phenoxy) is 1. The van der Waals surface area contributed by atoms with E-state index in [1.54, 1.807) is 0 Å². The van der Waals surface area contributed by atoms with Crippen molar-refractivity contribution in [2.24, 2.45) is 0 Å². The molecule has 0 spiro atoms. The molecule has 0 bridgehead atoms. The first kappa shape index (κ1) is 13.7. The highest BCUT2D eigenvalue weighted by Gasteiger charge is 2.08. The summed E-state index contributed by atoms with van der Waals surface area (Å²) in [5.74, 6) is 0.693. The van der Waals surface area contributed by atoms with Crippen LogP contribution in [0.25, 0.3) is 21.9 Å². The van der Waals surface area contributed by atoms with Crippen LogP contribution in [0.2, 0.25) is 0 Å². The second kappa shape index (κ2) is 5.58. The molecule has 3 aromatic rings. The van der Waals surface area contributed by atoms with E-state index < -0.39 is 0 Å². The van der Waals surface area contributed by atoms with Crippen molar-refractivity contribution in [2.75, 3.05) is 6.79 Å². The van der Waals surface area contributed by atoms with Crippen LogP contribution in [0.4, 0.5) is 0 Å². The van der Waals surface area contributed by atoms with Crippen molar-refractivity contribution in [3.8, 4) is 16.9 Å². The number of aliphatic hydroxyl groups excluding tert-OH is 1. The Morgan fingerprint density at radius 3 is 2.48 bits per heavy atom. The Balaban J connectivity index is 2.25. The number of aliphatic hydroxyl groups is 1. The van der Waals surface area contributed by atoms with Gasteiger partial charge in [-0.05, 0) is 59.0 Å². The van der Waals surface area contributed by atoms with Gasteiger partial charge in [-0.2, -0.15) is 0 Å². The second-order valence-electron chi connectivity index (χ2n) is 5.29. The van der Waals surface area contributed by atoms with Crippen LogP contribution in [-0.2, 0) is 0 Å². The summed E-state index contributed by atoms with van der Waals surface area (Å²) < 4.78 is 5.25. The lowest BCUT2D eigenvalue weighted by atomic mass is 9.94. The van der Waals surface area contributed by atoms with Gasteiger partial charge in [-0.25, -0.2) is 0 Å². The zero-order valence-electron chi connectivity index (χ0n) is 12.3. The quantitative estimate of drug-likeness (QED) is 0.717. The molecule has 0 unspecified atom stereocenters. The maximum atomic E-state index is 8.97. The highest BCUT2D eigenvalue weighted by atomic mass is 16.6. The van der Waals surface area contributed by atoms with Crippen LogP contribution in [0.5, 0.6) is 5.75 Å². The molecular weight excluding hydrogens is 260 g/mol. The van der Waals surface area contributed by atoms with E-state index in [2.05, 4.69) is 49.4 Å². The smallest absolute Gasteiger partial charge is 0.186 e. The van der Waals surface area contributed by atoms with Crippen molar-refractivity contribution in [3.63, 3.8) is 0 Å². The Hall–Kier alpha value is -2.32. The van der Waals surface area contributed by atoms with Crippen LogP contribution in [0.1, 0.15) is 11.1 Å². The van der Waals surface area contributed by atoms with Crippen molar-refractivity contribution >= 4 is 10.8 Å². The zero-order valence-corrected chi connectivity index (χ0v) is 12.3. The minimum atomic E-state index is -0.308. The Bertz CT molecular complexity index is 785. The molecule has 2 heteroatoms. The van der Waals surface area contributed by atoms with E-state index in [0.717, 1.165) is 11.1 Å². The van der Waals surface area contributed by atoms with Gasteiger partial charge in [0.05, 0.1) is 0 Å². The molecule has 3 rings (SSSR count). The Kier molecular flexibility index (Phi) is 3.63. The fourth-order valence-electron chi connectivity index (χ4n) is 2.83. The minimum Gasteiger partial charge on any atom is -0.468 e. The van der Waals surface area contributed by atoms with E-state index in [1.165, 1.54) is 21.9 Å². The van der Waals surface area contributed by atoms with Crippen LogP contribution < -0.4 is 4.74 Å². The van der Waals surface area contributed by atoms with E-state index in [1.807, 2.05) is 19.1 Å². The molecule has 0 amide bonds. The summed E-state index contributed by atoms with van der Waals surface area (Å²) in [7, 11) is 0. The van der Waals surface area contributed by atoms with Gasteiger partial charge in [0.2, 0.25) is 0 Å². The van der Waals surface area contributed by atoms with Crippen molar-refractivity contribution in [1.29, 1.82) is 0 Å². The molecule has 0 aliphatic rings. The Morgan fingerprint density at radius 1 is 0.952 bits per heavy atom. The van der Waals surface area contributed by atoms with Gasteiger partial charge < -0.3 is 9.84 Å². The SMILES string of the molecule is Cc1cc(OCO)cc(-c2cccc3cccc(C)c23)c1. The molecule has 0 aromatic heterocycles. The number of aryl methyl sites for hydroxylation is 2. The third-order valence-corrected chi connectivity index (χ3v) is 3.71. The average Bonchev–Trinajstić information content (AvgIpc) is 2.47. The Morgan fingerprint density at radius 2 is 1.71 bits per heavy atom. The molecule has 0 aliphatic heterocycles. The normalized spacial score (nSPS) is 10.8. The molecule has 0 radical (unpaired) electrons. The van der Waals surface area contributed by atoms with Crippen molar-refractivity contribution in [2.45, 2.75) is 13.8 Å². The topological polar surface area (TPSA) is 29.5 Å². The third-order valence-electron chi connectivity index (χ3n) is 3.71. The lowest BCUT2D eigenvalue weighted by Crippen LogP contribution is -1.95. The lowest BCUT2D eigenvalue weighted by molar-refractivity contribution is 0.0985. The average molecular weight is 278 g/mol. The van der Waals surface area contributed by atoms with Gasteiger partial charge in [0.15, 0.2) is 6.79 Å². The summed E-state index contributed by atoms with van der Waals surface area (Å²) in [6.45, 7) is 3.86. The molecule has 106 valence electrons. The summed E-state index contributed by atoms with van der Waals surface area (Å²) in [6, 6.07) is 18.7. The number of hydrogen-bond donors (Lipinski definition) is 1. The number of rotatable bonds is 3. The molecule has 3 aromatic carbocycles. The molecule has 21 heavy (non-hydrogen) atoms. The van der Waals surface area contributed by atoms with Gasteiger partial charge in [-0.1, -0.05) is 42.5 Å². The molecule has 0 aliphatic carbocycles. The molecule has 0 fully saturated rings. The number of fused-ring (bicyclic) bond motifs is 1. The van der Waals surface area contributed by atoms with E-state index in [4.69, 9.17) is 9.84 Å². The van der Waals surface area contributed by atoms with Gasteiger partial charge in [0.25, 0.3) is 0 Å². The van der Waals surface area contributed by atoms with Crippen LogP contribution in [0, 0.1) is 13.8 Å². The predicted octanol–water partition coefficient (Wildman–Crippen LogP) is 4.45. The first-order valence-electron chi connectivity index (χ1n) is 7.03. The number of benzene rings is 3. The van der Waals surface area contributed by atoms with Crippen LogP contribution in [-0.4, -0.2) is 11.9 Å². The lowest BCUT2D eigenvalue weighted by Gasteiger charge is -2.12. The molecule has 0 heterocycles. The van der Waals surface area contributed by atoms with Crippen molar-refractivity contribution < 1.29 is 9.84 Å². The maximum absolute atomic E-state index is 8.97. The molecule has 2 nitrogen and oxygen atoms in total. The largest absolute Gasteiger partial charge is 0.468 e. The minimum absolute atomic E-state index is 0.308. The fraction of sp³-hybridized carbons (Fsp3) is 0.158. The number of hydrogen-bond acceptors (Lipinski definition) is 2. The standard InChI is InChI=1S/C19H18O2/c1-13-9-16(11-17(10-13)21-12-20)18-8-4-7-15-6-3-5-14(2)19(15)18/h3-11,20H,12H2,1-2H3. The third kappa shape index (κ3) is 2.63. The monoisotopic (exact) mass is 278 g/mol.